The number of sulfonamides is 1. The largest absolute Gasteiger partial charge is 0.491 e. The van der Waals surface area contributed by atoms with Crippen LogP contribution in [-0.4, -0.2) is 71.3 Å². The molecule has 3 rings (SSSR count). The van der Waals surface area contributed by atoms with E-state index in [2.05, 4.69) is 33.7 Å². The SMILES string of the molecule is CCOCCOc1ccc(S(=O)(=O)NCc2ccc(CN3CCN(C)CC3)cc2)cc1. The Bertz CT molecular complexity index is 893. The van der Waals surface area contributed by atoms with Crippen molar-refractivity contribution in [2.75, 3.05) is 53.0 Å². The van der Waals surface area contributed by atoms with Gasteiger partial charge < -0.3 is 14.4 Å². The van der Waals surface area contributed by atoms with Gasteiger partial charge in [0, 0.05) is 45.9 Å². The Morgan fingerprint density at radius 2 is 1.55 bits per heavy atom. The van der Waals surface area contributed by atoms with Gasteiger partial charge in [0.25, 0.3) is 0 Å². The fourth-order valence-corrected chi connectivity index (χ4v) is 4.38. The summed E-state index contributed by atoms with van der Waals surface area (Å²) < 4.78 is 38.6. The van der Waals surface area contributed by atoms with Crippen molar-refractivity contribution in [3.8, 4) is 5.75 Å². The van der Waals surface area contributed by atoms with Crippen LogP contribution in [0.1, 0.15) is 18.1 Å². The maximum atomic E-state index is 12.6. The Morgan fingerprint density at radius 3 is 2.19 bits per heavy atom. The van der Waals surface area contributed by atoms with Gasteiger partial charge in [-0.1, -0.05) is 24.3 Å². The molecule has 0 saturated carbocycles. The zero-order valence-electron chi connectivity index (χ0n) is 18.4. The van der Waals surface area contributed by atoms with Crippen molar-refractivity contribution in [2.24, 2.45) is 0 Å². The molecule has 0 radical (unpaired) electrons. The molecule has 0 unspecified atom stereocenters. The fraction of sp³-hybridized carbons (Fsp3) is 0.478. The van der Waals surface area contributed by atoms with E-state index in [-0.39, 0.29) is 11.4 Å². The second-order valence-electron chi connectivity index (χ2n) is 7.74. The predicted molar refractivity (Wildman–Crippen MR) is 122 cm³/mol. The molecule has 0 atom stereocenters. The Morgan fingerprint density at radius 1 is 0.903 bits per heavy atom. The molecule has 1 heterocycles. The number of nitrogens with zero attached hydrogens (tertiary/aromatic N) is 2. The van der Waals surface area contributed by atoms with Crippen LogP contribution in [0.3, 0.4) is 0 Å². The molecule has 170 valence electrons. The van der Waals surface area contributed by atoms with Gasteiger partial charge in [-0.05, 0) is 49.4 Å². The molecule has 31 heavy (non-hydrogen) atoms. The Kier molecular flexibility index (Phi) is 8.86. The van der Waals surface area contributed by atoms with Crippen molar-refractivity contribution in [2.45, 2.75) is 24.9 Å². The molecule has 0 aliphatic carbocycles. The summed E-state index contributed by atoms with van der Waals surface area (Å²) >= 11 is 0. The highest BCUT2D eigenvalue weighted by Gasteiger charge is 2.15. The number of hydrogen-bond acceptors (Lipinski definition) is 6. The van der Waals surface area contributed by atoms with Gasteiger partial charge in [-0.2, -0.15) is 0 Å². The Hall–Kier alpha value is -1.97. The first kappa shape index (κ1) is 23.7. The van der Waals surface area contributed by atoms with E-state index in [0.29, 0.717) is 25.6 Å². The van der Waals surface area contributed by atoms with Crippen molar-refractivity contribution < 1.29 is 17.9 Å². The average Bonchev–Trinajstić information content (AvgIpc) is 2.78. The van der Waals surface area contributed by atoms with E-state index in [1.54, 1.807) is 24.3 Å². The number of ether oxygens (including phenoxy) is 2. The Balaban J connectivity index is 1.48. The monoisotopic (exact) mass is 447 g/mol. The molecule has 2 aromatic carbocycles. The molecule has 7 nitrogen and oxygen atoms in total. The van der Waals surface area contributed by atoms with Crippen molar-refractivity contribution in [1.82, 2.24) is 14.5 Å². The summed E-state index contributed by atoms with van der Waals surface area (Å²) in [7, 11) is -1.43. The second-order valence-corrected chi connectivity index (χ2v) is 9.50. The number of nitrogens with one attached hydrogen (secondary N) is 1. The van der Waals surface area contributed by atoms with E-state index in [9.17, 15) is 8.42 Å². The van der Waals surface area contributed by atoms with Gasteiger partial charge in [0.1, 0.15) is 12.4 Å². The summed E-state index contributed by atoms with van der Waals surface area (Å²) in [5, 5.41) is 0. The molecule has 1 fully saturated rings. The molecule has 1 aliphatic rings. The lowest BCUT2D eigenvalue weighted by molar-refractivity contribution is 0.110. The lowest BCUT2D eigenvalue weighted by atomic mass is 10.1. The third-order valence-electron chi connectivity index (χ3n) is 5.33. The summed E-state index contributed by atoms with van der Waals surface area (Å²) in [6.07, 6.45) is 0. The molecule has 8 heteroatoms. The molecule has 0 spiro atoms. The number of rotatable bonds is 11. The molecule has 1 aliphatic heterocycles. The number of hydrogen-bond donors (Lipinski definition) is 1. The highest BCUT2D eigenvalue weighted by Crippen LogP contribution is 2.17. The van der Waals surface area contributed by atoms with Crippen LogP contribution in [0.25, 0.3) is 0 Å². The number of likely N-dealkylation sites (N-methyl/N-ethyl adjacent to an activating group) is 1. The van der Waals surface area contributed by atoms with Crippen LogP contribution in [0.15, 0.2) is 53.4 Å². The van der Waals surface area contributed by atoms with Crippen molar-refractivity contribution >= 4 is 10.0 Å². The quantitative estimate of drug-likeness (QED) is 0.533. The summed E-state index contributed by atoms with van der Waals surface area (Å²) in [6.45, 7) is 9.04. The van der Waals surface area contributed by atoms with Crippen molar-refractivity contribution in [3.63, 3.8) is 0 Å². The number of piperazine rings is 1. The van der Waals surface area contributed by atoms with Crippen LogP contribution >= 0.6 is 0 Å². The van der Waals surface area contributed by atoms with Gasteiger partial charge in [-0.25, -0.2) is 13.1 Å². The molecule has 0 amide bonds. The highest BCUT2D eigenvalue weighted by atomic mass is 32.2. The van der Waals surface area contributed by atoms with E-state index in [1.807, 2.05) is 19.1 Å². The molecule has 0 bridgehead atoms. The van der Waals surface area contributed by atoms with Crippen LogP contribution in [0.5, 0.6) is 5.75 Å². The van der Waals surface area contributed by atoms with E-state index < -0.39 is 10.0 Å². The minimum absolute atomic E-state index is 0.219. The van der Waals surface area contributed by atoms with Crippen LogP contribution in [0.2, 0.25) is 0 Å². The topological polar surface area (TPSA) is 71.1 Å². The molecular weight excluding hydrogens is 414 g/mol. The minimum atomic E-state index is -3.59. The lowest BCUT2D eigenvalue weighted by Crippen LogP contribution is -2.43. The van der Waals surface area contributed by atoms with Crippen LogP contribution in [0.4, 0.5) is 0 Å². The molecule has 0 aromatic heterocycles. The van der Waals surface area contributed by atoms with Crippen molar-refractivity contribution in [1.29, 1.82) is 0 Å². The second kappa shape index (κ2) is 11.6. The van der Waals surface area contributed by atoms with Crippen molar-refractivity contribution in [3.05, 3.63) is 59.7 Å². The van der Waals surface area contributed by atoms with E-state index in [4.69, 9.17) is 9.47 Å². The van der Waals surface area contributed by atoms with Gasteiger partial charge in [0.15, 0.2) is 0 Å². The van der Waals surface area contributed by atoms with E-state index in [1.165, 1.54) is 5.56 Å². The maximum Gasteiger partial charge on any atom is 0.240 e. The van der Waals surface area contributed by atoms with E-state index >= 15 is 0 Å². The maximum absolute atomic E-state index is 12.6. The Labute approximate surface area is 186 Å². The zero-order chi connectivity index (χ0) is 22.1. The molecular formula is C23H33N3O4S. The average molecular weight is 448 g/mol. The normalized spacial score (nSPS) is 15.8. The third-order valence-corrected chi connectivity index (χ3v) is 6.74. The van der Waals surface area contributed by atoms with Crippen LogP contribution in [0, 0.1) is 0 Å². The summed E-state index contributed by atoms with van der Waals surface area (Å²) in [5.74, 6) is 0.620. The smallest absolute Gasteiger partial charge is 0.240 e. The van der Waals surface area contributed by atoms with E-state index in [0.717, 1.165) is 38.3 Å². The fourth-order valence-electron chi connectivity index (χ4n) is 3.37. The van der Waals surface area contributed by atoms with Gasteiger partial charge in [0.05, 0.1) is 11.5 Å². The van der Waals surface area contributed by atoms with Crippen LogP contribution < -0.4 is 9.46 Å². The highest BCUT2D eigenvalue weighted by molar-refractivity contribution is 7.89. The molecule has 2 aromatic rings. The van der Waals surface area contributed by atoms with Gasteiger partial charge in [0.2, 0.25) is 10.0 Å². The minimum Gasteiger partial charge on any atom is -0.491 e. The van der Waals surface area contributed by atoms with Crippen LogP contribution in [-0.2, 0) is 27.8 Å². The standard InChI is InChI=1S/C23H33N3O4S/c1-3-29-16-17-30-22-8-10-23(11-9-22)31(27,28)24-18-20-4-6-21(7-5-20)19-26-14-12-25(2)13-15-26/h4-11,24H,3,12-19H2,1-2H3. The summed E-state index contributed by atoms with van der Waals surface area (Å²) in [5.41, 5.74) is 2.18. The molecule has 1 saturated heterocycles. The van der Waals surface area contributed by atoms with Gasteiger partial charge in [-0.3, -0.25) is 4.90 Å². The lowest BCUT2D eigenvalue weighted by Gasteiger charge is -2.32. The first-order chi connectivity index (χ1) is 15.0. The summed E-state index contributed by atoms with van der Waals surface area (Å²) in [6, 6.07) is 14.6. The van der Waals surface area contributed by atoms with Gasteiger partial charge >= 0.3 is 0 Å². The first-order valence-electron chi connectivity index (χ1n) is 10.8. The molecule has 1 N–H and O–H groups in total. The first-order valence-corrected chi connectivity index (χ1v) is 12.2. The van der Waals surface area contributed by atoms with Gasteiger partial charge in [-0.15, -0.1) is 0 Å². The number of benzene rings is 2. The summed E-state index contributed by atoms with van der Waals surface area (Å²) in [4.78, 5) is 5.01. The third kappa shape index (κ3) is 7.59. The zero-order valence-corrected chi connectivity index (χ0v) is 19.2. The predicted octanol–water partition coefficient (Wildman–Crippen LogP) is 2.33.